The third kappa shape index (κ3) is 6.61. The molecule has 0 aromatic heterocycles. The molecule has 28 heavy (non-hydrogen) atoms. The zero-order valence-corrected chi connectivity index (χ0v) is 16.5. The van der Waals surface area contributed by atoms with E-state index < -0.39 is 6.10 Å². The van der Waals surface area contributed by atoms with Crippen LogP contribution in [0, 0.1) is 6.92 Å². The fourth-order valence-corrected chi connectivity index (χ4v) is 3.29. The van der Waals surface area contributed by atoms with Gasteiger partial charge in [-0.2, -0.15) is 0 Å². The highest BCUT2D eigenvalue weighted by atomic mass is 16.5. The molecular formula is C25H29NO2. The Morgan fingerprint density at radius 1 is 0.786 bits per heavy atom. The molecule has 1 atom stereocenters. The van der Waals surface area contributed by atoms with E-state index in [2.05, 4.69) is 60.4 Å². The number of rotatable bonds is 10. The van der Waals surface area contributed by atoms with Crippen molar-refractivity contribution >= 4 is 0 Å². The van der Waals surface area contributed by atoms with Crippen LogP contribution in [0.2, 0.25) is 0 Å². The predicted octanol–water partition coefficient (Wildman–Crippen LogP) is 4.57. The van der Waals surface area contributed by atoms with Crippen LogP contribution in [0.4, 0.5) is 0 Å². The summed E-state index contributed by atoms with van der Waals surface area (Å²) >= 11 is 0. The van der Waals surface area contributed by atoms with E-state index in [0.29, 0.717) is 19.8 Å². The molecule has 3 nitrogen and oxygen atoms in total. The van der Waals surface area contributed by atoms with Gasteiger partial charge in [-0.25, -0.2) is 0 Å². The molecule has 146 valence electrons. The van der Waals surface area contributed by atoms with Gasteiger partial charge in [0, 0.05) is 19.6 Å². The SMILES string of the molecule is Cc1ccccc1CN(Cc1ccccc1)C[C@@H](O)COCc1ccccc1. The lowest BCUT2D eigenvalue weighted by molar-refractivity contribution is 0.00710. The normalized spacial score (nSPS) is 12.2. The maximum atomic E-state index is 10.6. The lowest BCUT2D eigenvalue weighted by Gasteiger charge is -2.26. The molecule has 0 spiro atoms. The maximum absolute atomic E-state index is 10.6. The van der Waals surface area contributed by atoms with Crippen LogP contribution in [0.15, 0.2) is 84.9 Å². The highest BCUT2D eigenvalue weighted by Gasteiger charge is 2.14. The van der Waals surface area contributed by atoms with Crippen LogP contribution in [-0.4, -0.2) is 29.3 Å². The zero-order valence-electron chi connectivity index (χ0n) is 16.5. The number of hydrogen-bond donors (Lipinski definition) is 1. The van der Waals surface area contributed by atoms with Gasteiger partial charge in [0.15, 0.2) is 0 Å². The number of hydrogen-bond acceptors (Lipinski definition) is 3. The Bertz CT molecular complexity index is 820. The van der Waals surface area contributed by atoms with Crippen LogP contribution in [0.3, 0.4) is 0 Å². The molecule has 0 fully saturated rings. The van der Waals surface area contributed by atoms with Gasteiger partial charge in [0.2, 0.25) is 0 Å². The van der Waals surface area contributed by atoms with E-state index in [4.69, 9.17) is 4.74 Å². The summed E-state index contributed by atoms with van der Waals surface area (Å²) < 4.78 is 5.73. The molecule has 0 bridgehead atoms. The molecule has 3 rings (SSSR count). The third-order valence-electron chi connectivity index (χ3n) is 4.79. The van der Waals surface area contributed by atoms with Crippen molar-refractivity contribution in [1.29, 1.82) is 0 Å². The smallest absolute Gasteiger partial charge is 0.0900 e. The van der Waals surface area contributed by atoms with Crippen molar-refractivity contribution in [3.8, 4) is 0 Å². The van der Waals surface area contributed by atoms with Crippen molar-refractivity contribution in [2.75, 3.05) is 13.2 Å². The van der Waals surface area contributed by atoms with Gasteiger partial charge in [-0.1, -0.05) is 84.9 Å². The number of nitrogens with zero attached hydrogens (tertiary/aromatic N) is 1. The fraction of sp³-hybridized carbons (Fsp3) is 0.280. The molecule has 0 aliphatic rings. The van der Waals surface area contributed by atoms with Gasteiger partial charge < -0.3 is 9.84 Å². The van der Waals surface area contributed by atoms with Crippen molar-refractivity contribution < 1.29 is 9.84 Å². The Kier molecular flexibility index (Phi) is 7.80. The first-order valence-electron chi connectivity index (χ1n) is 9.81. The lowest BCUT2D eigenvalue weighted by atomic mass is 10.1. The van der Waals surface area contributed by atoms with Crippen molar-refractivity contribution in [3.05, 3.63) is 107 Å². The van der Waals surface area contributed by atoms with Crippen molar-refractivity contribution in [2.24, 2.45) is 0 Å². The third-order valence-corrected chi connectivity index (χ3v) is 4.79. The lowest BCUT2D eigenvalue weighted by Crippen LogP contribution is -2.34. The zero-order chi connectivity index (χ0) is 19.6. The summed E-state index contributed by atoms with van der Waals surface area (Å²) in [5.74, 6) is 0. The van der Waals surface area contributed by atoms with Crippen molar-refractivity contribution in [1.82, 2.24) is 4.90 Å². The molecule has 0 amide bonds. The first-order valence-corrected chi connectivity index (χ1v) is 9.81. The summed E-state index contributed by atoms with van der Waals surface area (Å²) in [6, 6.07) is 28.9. The van der Waals surface area contributed by atoms with E-state index in [1.807, 2.05) is 36.4 Å². The molecule has 0 aliphatic carbocycles. The number of ether oxygens (including phenoxy) is 1. The molecule has 0 unspecified atom stereocenters. The minimum absolute atomic E-state index is 0.327. The van der Waals surface area contributed by atoms with Gasteiger partial charge >= 0.3 is 0 Å². The molecule has 3 aromatic rings. The Labute approximate surface area is 168 Å². The van der Waals surface area contributed by atoms with Crippen LogP contribution in [0.25, 0.3) is 0 Å². The van der Waals surface area contributed by atoms with E-state index >= 15 is 0 Å². The molecule has 0 heterocycles. The summed E-state index contributed by atoms with van der Waals surface area (Å²) in [4.78, 5) is 2.29. The van der Waals surface area contributed by atoms with Crippen LogP contribution >= 0.6 is 0 Å². The second-order valence-corrected chi connectivity index (χ2v) is 7.24. The molecule has 0 radical (unpaired) electrons. The summed E-state index contributed by atoms with van der Waals surface area (Å²) in [6.07, 6.45) is -0.531. The first kappa shape index (κ1) is 20.3. The summed E-state index contributed by atoms with van der Waals surface area (Å²) in [7, 11) is 0. The number of aliphatic hydroxyl groups is 1. The maximum Gasteiger partial charge on any atom is 0.0900 e. The Balaban J connectivity index is 1.58. The minimum Gasteiger partial charge on any atom is -0.389 e. The monoisotopic (exact) mass is 375 g/mol. The van der Waals surface area contributed by atoms with Gasteiger partial charge in [-0.05, 0) is 29.2 Å². The predicted molar refractivity (Wildman–Crippen MR) is 114 cm³/mol. The van der Waals surface area contributed by atoms with Crippen molar-refractivity contribution in [3.63, 3.8) is 0 Å². The quantitative estimate of drug-likeness (QED) is 0.563. The van der Waals surface area contributed by atoms with Gasteiger partial charge in [0.05, 0.1) is 19.3 Å². The molecular weight excluding hydrogens is 346 g/mol. The van der Waals surface area contributed by atoms with Crippen LogP contribution in [0.5, 0.6) is 0 Å². The average Bonchev–Trinajstić information content (AvgIpc) is 2.71. The van der Waals surface area contributed by atoms with Crippen LogP contribution in [0.1, 0.15) is 22.3 Å². The number of aryl methyl sites for hydroxylation is 1. The molecule has 0 aliphatic heterocycles. The second kappa shape index (κ2) is 10.8. The van der Waals surface area contributed by atoms with Gasteiger partial charge in [0.25, 0.3) is 0 Å². The molecule has 0 saturated carbocycles. The van der Waals surface area contributed by atoms with Crippen LogP contribution < -0.4 is 0 Å². The highest BCUT2D eigenvalue weighted by Crippen LogP contribution is 2.14. The second-order valence-electron chi connectivity index (χ2n) is 7.24. The molecule has 3 heteroatoms. The fourth-order valence-electron chi connectivity index (χ4n) is 3.29. The van der Waals surface area contributed by atoms with Gasteiger partial charge in [-0.15, -0.1) is 0 Å². The highest BCUT2D eigenvalue weighted by molar-refractivity contribution is 5.25. The first-order chi connectivity index (χ1) is 13.7. The molecule has 3 aromatic carbocycles. The van der Waals surface area contributed by atoms with E-state index in [9.17, 15) is 5.11 Å². The minimum atomic E-state index is -0.531. The summed E-state index contributed by atoms with van der Waals surface area (Å²) in [5.41, 5.74) is 4.93. The van der Waals surface area contributed by atoms with E-state index in [-0.39, 0.29) is 0 Å². The Morgan fingerprint density at radius 3 is 2.07 bits per heavy atom. The molecule has 0 saturated heterocycles. The number of aliphatic hydroxyl groups excluding tert-OH is 1. The number of benzene rings is 3. The largest absolute Gasteiger partial charge is 0.389 e. The standard InChI is InChI=1S/C25H29NO2/c1-21-10-8-9-15-24(21)17-26(16-22-11-4-2-5-12-22)18-25(27)20-28-19-23-13-6-3-7-14-23/h2-15,25,27H,16-20H2,1H3/t25-/m1/s1. The van der Waals surface area contributed by atoms with E-state index in [1.165, 1.54) is 16.7 Å². The Morgan fingerprint density at radius 2 is 1.39 bits per heavy atom. The van der Waals surface area contributed by atoms with Crippen molar-refractivity contribution in [2.45, 2.75) is 32.7 Å². The summed E-state index contributed by atoms with van der Waals surface area (Å²) in [5, 5.41) is 10.6. The Hall–Kier alpha value is -2.46. The van der Waals surface area contributed by atoms with E-state index in [0.717, 1.165) is 18.7 Å². The van der Waals surface area contributed by atoms with E-state index in [1.54, 1.807) is 0 Å². The molecule has 1 N–H and O–H groups in total. The van der Waals surface area contributed by atoms with Gasteiger partial charge in [-0.3, -0.25) is 4.90 Å². The van der Waals surface area contributed by atoms with Crippen LogP contribution in [-0.2, 0) is 24.4 Å². The summed E-state index contributed by atoms with van der Waals surface area (Å²) in [6.45, 7) is 5.15. The average molecular weight is 376 g/mol. The topological polar surface area (TPSA) is 32.7 Å². The van der Waals surface area contributed by atoms with Gasteiger partial charge in [0.1, 0.15) is 0 Å².